The zero-order valence-corrected chi connectivity index (χ0v) is 15.2. The quantitative estimate of drug-likeness (QED) is 0.662. The molecule has 0 aromatic heterocycles. The highest BCUT2D eigenvalue weighted by Gasteiger charge is 2.19. The summed E-state index contributed by atoms with van der Waals surface area (Å²) in [7, 11) is 1.35. The summed E-state index contributed by atoms with van der Waals surface area (Å²) in [5.41, 5.74) is 2.33. The van der Waals surface area contributed by atoms with Crippen molar-refractivity contribution in [1.82, 2.24) is 9.80 Å². The number of nitrogens with zero attached hydrogens (tertiary/aromatic N) is 2. The van der Waals surface area contributed by atoms with E-state index in [2.05, 4.69) is 4.90 Å². The molecule has 1 fully saturated rings. The summed E-state index contributed by atoms with van der Waals surface area (Å²) in [5.74, 6) is -0.398. The third-order valence-corrected chi connectivity index (χ3v) is 4.44. The van der Waals surface area contributed by atoms with Crippen LogP contribution < -0.4 is 0 Å². The number of esters is 1. The second-order valence-corrected chi connectivity index (χ2v) is 6.33. The van der Waals surface area contributed by atoms with E-state index in [9.17, 15) is 9.59 Å². The highest BCUT2D eigenvalue weighted by molar-refractivity contribution is 5.82. The van der Waals surface area contributed by atoms with Gasteiger partial charge in [0.05, 0.1) is 20.3 Å². The minimum absolute atomic E-state index is 0.00751. The van der Waals surface area contributed by atoms with Gasteiger partial charge >= 0.3 is 5.97 Å². The third kappa shape index (κ3) is 6.84. The fourth-order valence-corrected chi connectivity index (χ4v) is 2.76. The first-order chi connectivity index (χ1) is 12.1. The number of carbonyl (C=O) groups excluding carboxylic acids is 2. The number of amides is 1. The minimum Gasteiger partial charge on any atom is -0.468 e. The van der Waals surface area contributed by atoms with Crippen molar-refractivity contribution >= 4 is 11.9 Å². The maximum absolute atomic E-state index is 12.6. The number of aryl methyl sites for hydroxylation is 2. The van der Waals surface area contributed by atoms with E-state index in [1.54, 1.807) is 4.90 Å². The lowest BCUT2D eigenvalue weighted by Crippen LogP contribution is -2.44. The molecule has 0 atom stereocenters. The highest BCUT2D eigenvalue weighted by Crippen LogP contribution is 2.08. The Morgan fingerprint density at radius 1 is 1.20 bits per heavy atom. The first-order valence-corrected chi connectivity index (χ1v) is 8.78. The van der Waals surface area contributed by atoms with Crippen molar-refractivity contribution in [2.45, 2.75) is 19.8 Å². The molecule has 1 amide bonds. The Balaban J connectivity index is 1.86. The van der Waals surface area contributed by atoms with Crippen LogP contribution in [0.25, 0.3) is 0 Å². The first-order valence-electron chi connectivity index (χ1n) is 8.78. The van der Waals surface area contributed by atoms with Crippen LogP contribution in [0, 0.1) is 6.92 Å². The van der Waals surface area contributed by atoms with E-state index in [0.717, 1.165) is 38.4 Å². The Kier molecular flexibility index (Phi) is 7.88. The van der Waals surface area contributed by atoms with E-state index in [4.69, 9.17) is 9.47 Å². The SMILES string of the molecule is COC(=O)CN(CCN1CCOCC1)C(=O)CCc1ccc(C)cc1. The number of hydrogen-bond acceptors (Lipinski definition) is 5. The van der Waals surface area contributed by atoms with Crippen LogP contribution in [-0.2, 0) is 25.5 Å². The number of benzene rings is 1. The molecule has 1 aliphatic rings. The summed E-state index contributed by atoms with van der Waals surface area (Å²) < 4.78 is 10.1. The maximum atomic E-state index is 12.6. The van der Waals surface area contributed by atoms with Crippen LogP contribution in [0.15, 0.2) is 24.3 Å². The van der Waals surface area contributed by atoms with Gasteiger partial charge in [0.2, 0.25) is 5.91 Å². The summed E-state index contributed by atoms with van der Waals surface area (Å²) in [6, 6.07) is 8.18. The molecular formula is C19H28N2O4. The fraction of sp³-hybridized carbons (Fsp3) is 0.579. The topological polar surface area (TPSA) is 59.1 Å². The minimum atomic E-state index is -0.384. The normalized spacial score (nSPS) is 15.0. The van der Waals surface area contributed by atoms with Gasteiger partial charge in [-0.3, -0.25) is 14.5 Å². The van der Waals surface area contributed by atoms with Crippen LogP contribution in [0.5, 0.6) is 0 Å². The second-order valence-electron chi connectivity index (χ2n) is 6.33. The standard InChI is InChI=1S/C19H28N2O4/c1-16-3-5-17(6-4-16)7-8-18(22)21(15-19(23)24-2)10-9-20-11-13-25-14-12-20/h3-6H,7-15H2,1-2H3. The number of hydrogen-bond donors (Lipinski definition) is 0. The first kappa shape index (κ1) is 19.4. The predicted octanol–water partition coefficient (Wildman–Crippen LogP) is 1.26. The number of rotatable bonds is 8. The van der Waals surface area contributed by atoms with Gasteiger partial charge in [-0.25, -0.2) is 0 Å². The van der Waals surface area contributed by atoms with E-state index in [0.29, 0.717) is 19.4 Å². The maximum Gasteiger partial charge on any atom is 0.325 e. The van der Waals surface area contributed by atoms with Gasteiger partial charge in [0.1, 0.15) is 6.54 Å². The van der Waals surface area contributed by atoms with Gasteiger partial charge in [-0.15, -0.1) is 0 Å². The molecule has 1 saturated heterocycles. The molecule has 138 valence electrons. The molecule has 25 heavy (non-hydrogen) atoms. The predicted molar refractivity (Wildman–Crippen MR) is 95.4 cm³/mol. The monoisotopic (exact) mass is 348 g/mol. The van der Waals surface area contributed by atoms with Crippen molar-refractivity contribution in [3.8, 4) is 0 Å². The van der Waals surface area contributed by atoms with Crippen molar-refractivity contribution < 1.29 is 19.1 Å². The molecule has 6 nitrogen and oxygen atoms in total. The fourth-order valence-electron chi connectivity index (χ4n) is 2.76. The van der Waals surface area contributed by atoms with Gasteiger partial charge in [-0.05, 0) is 18.9 Å². The molecule has 0 spiro atoms. The van der Waals surface area contributed by atoms with E-state index < -0.39 is 0 Å². The van der Waals surface area contributed by atoms with Gasteiger partial charge in [-0.2, -0.15) is 0 Å². The van der Waals surface area contributed by atoms with Crippen LogP contribution in [0.4, 0.5) is 0 Å². The average molecular weight is 348 g/mol. The average Bonchev–Trinajstić information content (AvgIpc) is 2.65. The number of ether oxygens (including phenoxy) is 2. The molecule has 0 aliphatic carbocycles. The van der Waals surface area contributed by atoms with Crippen molar-refractivity contribution in [2.75, 3.05) is 53.0 Å². The van der Waals surface area contributed by atoms with Crippen LogP contribution in [-0.4, -0.2) is 74.7 Å². The zero-order valence-electron chi connectivity index (χ0n) is 15.2. The summed E-state index contributed by atoms with van der Waals surface area (Å²) in [4.78, 5) is 28.1. The number of morpholine rings is 1. The number of carbonyl (C=O) groups is 2. The van der Waals surface area contributed by atoms with Crippen LogP contribution in [0.2, 0.25) is 0 Å². The van der Waals surface area contributed by atoms with Crippen molar-refractivity contribution in [2.24, 2.45) is 0 Å². The lowest BCUT2D eigenvalue weighted by molar-refractivity contribution is -0.147. The molecule has 0 unspecified atom stereocenters. The lowest BCUT2D eigenvalue weighted by Gasteiger charge is -2.29. The van der Waals surface area contributed by atoms with Gasteiger partial charge in [-0.1, -0.05) is 29.8 Å². The molecular weight excluding hydrogens is 320 g/mol. The molecule has 0 radical (unpaired) electrons. The molecule has 0 saturated carbocycles. The summed E-state index contributed by atoms with van der Waals surface area (Å²) >= 11 is 0. The summed E-state index contributed by atoms with van der Waals surface area (Å²) in [6.45, 7) is 6.49. The highest BCUT2D eigenvalue weighted by atomic mass is 16.5. The number of methoxy groups -OCH3 is 1. The van der Waals surface area contributed by atoms with Gasteiger partial charge in [0, 0.05) is 32.6 Å². The summed E-state index contributed by atoms with van der Waals surface area (Å²) in [5, 5.41) is 0. The molecule has 1 aliphatic heterocycles. The Labute approximate surface area is 149 Å². The van der Waals surface area contributed by atoms with Crippen LogP contribution in [0.1, 0.15) is 17.5 Å². The second kappa shape index (κ2) is 10.2. The Hall–Kier alpha value is -1.92. The van der Waals surface area contributed by atoms with Crippen LogP contribution in [0.3, 0.4) is 0 Å². The lowest BCUT2D eigenvalue weighted by atomic mass is 10.1. The van der Waals surface area contributed by atoms with Gasteiger partial charge < -0.3 is 14.4 Å². The molecule has 6 heteroatoms. The zero-order chi connectivity index (χ0) is 18.1. The summed E-state index contributed by atoms with van der Waals surface area (Å²) in [6.07, 6.45) is 1.07. The van der Waals surface area contributed by atoms with Gasteiger partial charge in [0.15, 0.2) is 0 Å². The Bertz CT molecular complexity index is 553. The largest absolute Gasteiger partial charge is 0.468 e. The molecule has 1 heterocycles. The van der Waals surface area contributed by atoms with Gasteiger partial charge in [0.25, 0.3) is 0 Å². The Morgan fingerprint density at radius 2 is 1.88 bits per heavy atom. The van der Waals surface area contributed by atoms with E-state index >= 15 is 0 Å². The van der Waals surface area contributed by atoms with E-state index in [1.165, 1.54) is 12.7 Å². The third-order valence-electron chi connectivity index (χ3n) is 4.44. The molecule has 0 bridgehead atoms. The van der Waals surface area contributed by atoms with Crippen LogP contribution >= 0.6 is 0 Å². The van der Waals surface area contributed by atoms with Crippen molar-refractivity contribution in [1.29, 1.82) is 0 Å². The molecule has 1 aromatic carbocycles. The smallest absolute Gasteiger partial charge is 0.325 e. The molecule has 2 rings (SSSR count). The van der Waals surface area contributed by atoms with Crippen molar-refractivity contribution in [3.05, 3.63) is 35.4 Å². The van der Waals surface area contributed by atoms with E-state index in [-0.39, 0.29) is 18.4 Å². The van der Waals surface area contributed by atoms with E-state index in [1.807, 2.05) is 31.2 Å². The molecule has 1 aromatic rings. The molecule has 0 N–H and O–H groups in total. The van der Waals surface area contributed by atoms with Crippen molar-refractivity contribution in [3.63, 3.8) is 0 Å². The Morgan fingerprint density at radius 3 is 2.52 bits per heavy atom.